The summed E-state index contributed by atoms with van der Waals surface area (Å²) in [6.45, 7) is 0.394. The standard InChI is InChI=1S/C22H17N3O2/c26-22(25-20-11-10-17-8-4-5-9-19(17)24-20)18-12-13-23-21(14-18)27-15-16-6-2-1-3-7-16/h1-14H,15H2,(H,24,25,26). The van der Waals surface area contributed by atoms with Crippen LogP contribution < -0.4 is 10.1 Å². The van der Waals surface area contributed by atoms with Crippen LogP contribution in [0.4, 0.5) is 5.82 Å². The van der Waals surface area contributed by atoms with Crippen LogP contribution in [0.2, 0.25) is 0 Å². The lowest BCUT2D eigenvalue weighted by Crippen LogP contribution is -2.13. The van der Waals surface area contributed by atoms with Crippen molar-refractivity contribution in [2.45, 2.75) is 6.61 Å². The van der Waals surface area contributed by atoms with Gasteiger partial charge < -0.3 is 10.1 Å². The van der Waals surface area contributed by atoms with E-state index in [1.807, 2.05) is 60.7 Å². The Morgan fingerprint density at radius 3 is 2.63 bits per heavy atom. The number of hydrogen-bond donors (Lipinski definition) is 1. The molecule has 0 spiro atoms. The number of ether oxygens (including phenoxy) is 1. The molecule has 5 nitrogen and oxygen atoms in total. The number of pyridine rings is 2. The molecule has 0 aliphatic carbocycles. The Morgan fingerprint density at radius 1 is 0.926 bits per heavy atom. The number of amides is 1. The zero-order valence-corrected chi connectivity index (χ0v) is 14.5. The van der Waals surface area contributed by atoms with Gasteiger partial charge in [-0.2, -0.15) is 0 Å². The normalized spacial score (nSPS) is 10.5. The monoisotopic (exact) mass is 355 g/mol. The molecule has 0 aliphatic heterocycles. The van der Waals surface area contributed by atoms with Gasteiger partial charge >= 0.3 is 0 Å². The minimum atomic E-state index is -0.259. The number of para-hydroxylation sites is 1. The van der Waals surface area contributed by atoms with E-state index in [0.29, 0.717) is 23.9 Å². The number of nitrogens with zero attached hydrogens (tertiary/aromatic N) is 2. The highest BCUT2D eigenvalue weighted by Crippen LogP contribution is 2.17. The fourth-order valence-corrected chi connectivity index (χ4v) is 2.69. The highest BCUT2D eigenvalue weighted by Gasteiger charge is 2.09. The van der Waals surface area contributed by atoms with E-state index in [9.17, 15) is 4.79 Å². The summed E-state index contributed by atoms with van der Waals surface area (Å²) >= 11 is 0. The molecule has 0 fully saturated rings. The van der Waals surface area contributed by atoms with Crippen molar-refractivity contribution in [3.05, 3.63) is 96.2 Å². The second-order valence-electron chi connectivity index (χ2n) is 6.00. The number of nitrogens with one attached hydrogen (secondary N) is 1. The van der Waals surface area contributed by atoms with Gasteiger partial charge in [-0.25, -0.2) is 9.97 Å². The van der Waals surface area contributed by atoms with E-state index in [1.54, 1.807) is 24.4 Å². The molecule has 2 heterocycles. The number of anilines is 1. The van der Waals surface area contributed by atoms with Gasteiger partial charge in [-0.05, 0) is 29.8 Å². The molecule has 5 heteroatoms. The second-order valence-corrected chi connectivity index (χ2v) is 6.00. The Kier molecular flexibility index (Phi) is 4.74. The number of hydrogen-bond acceptors (Lipinski definition) is 4. The van der Waals surface area contributed by atoms with Crippen LogP contribution in [0.25, 0.3) is 10.9 Å². The van der Waals surface area contributed by atoms with Gasteiger partial charge in [0.05, 0.1) is 5.52 Å². The van der Waals surface area contributed by atoms with Crippen molar-refractivity contribution in [3.8, 4) is 5.88 Å². The van der Waals surface area contributed by atoms with Crippen molar-refractivity contribution in [3.63, 3.8) is 0 Å². The van der Waals surface area contributed by atoms with E-state index >= 15 is 0 Å². The Morgan fingerprint density at radius 2 is 1.74 bits per heavy atom. The van der Waals surface area contributed by atoms with Crippen molar-refractivity contribution in [2.24, 2.45) is 0 Å². The predicted molar refractivity (Wildman–Crippen MR) is 105 cm³/mol. The Balaban J connectivity index is 1.46. The number of aromatic nitrogens is 2. The van der Waals surface area contributed by atoms with Gasteiger partial charge in [-0.3, -0.25) is 4.79 Å². The zero-order chi connectivity index (χ0) is 18.5. The molecule has 132 valence electrons. The summed E-state index contributed by atoms with van der Waals surface area (Å²) in [5.41, 5.74) is 2.33. The van der Waals surface area contributed by atoms with Gasteiger partial charge in [0.2, 0.25) is 5.88 Å². The highest BCUT2D eigenvalue weighted by atomic mass is 16.5. The summed E-state index contributed by atoms with van der Waals surface area (Å²) in [6.07, 6.45) is 1.56. The van der Waals surface area contributed by atoms with Crippen LogP contribution in [0.1, 0.15) is 15.9 Å². The molecule has 2 aromatic heterocycles. The maximum atomic E-state index is 12.5. The number of fused-ring (bicyclic) bond motifs is 1. The van der Waals surface area contributed by atoms with Crippen molar-refractivity contribution in [1.29, 1.82) is 0 Å². The van der Waals surface area contributed by atoms with Crippen LogP contribution in [-0.2, 0) is 6.61 Å². The first-order valence-corrected chi connectivity index (χ1v) is 8.58. The molecule has 1 amide bonds. The minimum Gasteiger partial charge on any atom is -0.473 e. The average Bonchev–Trinajstić information content (AvgIpc) is 2.73. The summed E-state index contributed by atoms with van der Waals surface area (Å²) in [5, 5.41) is 3.84. The van der Waals surface area contributed by atoms with Crippen molar-refractivity contribution in [1.82, 2.24) is 9.97 Å². The van der Waals surface area contributed by atoms with Crippen molar-refractivity contribution >= 4 is 22.6 Å². The fourth-order valence-electron chi connectivity index (χ4n) is 2.69. The smallest absolute Gasteiger partial charge is 0.257 e. The number of carbonyl (C=O) groups excluding carboxylic acids is 1. The van der Waals surface area contributed by atoms with E-state index < -0.39 is 0 Å². The summed E-state index contributed by atoms with van der Waals surface area (Å²) in [7, 11) is 0. The first kappa shape index (κ1) is 16.7. The topological polar surface area (TPSA) is 64.1 Å². The third-order valence-electron chi connectivity index (χ3n) is 4.07. The fraction of sp³-hybridized carbons (Fsp3) is 0.0455. The number of benzene rings is 2. The average molecular weight is 355 g/mol. The van der Waals surface area contributed by atoms with E-state index in [2.05, 4.69) is 15.3 Å². The molecule has 0 saturated carbocycles. The maximum absolute atomic E-state index is 12.5. The lowest BCUT2D eigenvalue weighted by Gasteiger charge is -2.08. The molecule has 0 unspecified atom stereocenters. The molecule has 4 aromatic rings. The summed E-state index contributed by atoms with van der Waals surface area (Å²) in [4.78, 5) is 21.2. The van der Waals surface area contributed by atoms with E-state index in [1.165, 1.54) is 0 Å². The first-order chi connectivity index (χ1) is 13.3. The maximum Gasteiger partial charge on any atom is 0.257 e. The van der Waals surface area contributed by atoms with E-state index in [4.69, 9.17) is 4.74 Å². The Hall–Kier alpha value is -3.73. The molecule has 0 atom stereocenters. The molecule has 27 heavy (non-hydrogen) atoms. The van der Waals surface area contributed by atoms with Gasteiger partial charge in [0.1, 0.15) is 12.4 Å². The first-order valence-electron chi connectivity index (χ1n) is 8.58. The van der Waals surface area contributed by atoms with Gasteiger partial charge in [0.25, 0.3) is 5.91 Å². The molecular weight excluding hydrogens is 338 g/mol. The quantitative estimate of drug-likeness (QED) is 0.574. The van der Waals surface area contributed by atoms with Gasteiger partial charge in [0.15, 0.2) is 0 Å². The van der Waals surface area contributed by atoms with Gasteiger partial charge in [-0.1, -0.05) is 48.5 Å². The van der Waals surface area contributed by atoms with E-state index in [0.717, 1.165) is 16.5 Å². The summed E-state index contributed by atoms with van der Waals surface area (Å²) < 4.78 is 5.68. The largest absolute Gasteiger partial charge is 0.473 e. The molecule has 0 radical (unpaired) electrons. The Labute approximate surface area is 156 Å². The molecule has 2 aromatic carbocycles. The molecule has 4 rings (SSSR count). The third kappa shape index (κ3) is 4.10. The zero-order valence-electron chi connectivity index (χ0n) is 14.5. The van der Waals surface area contributed by atoms with Crippen molar-refractivity contribution in [2.75, 3.05) is 5.32 Å². The summed E-state index contributed by atoms with van der Waals surface area (Å²) in [6, 6.07) is 24.5. The molecular formula is C22H17N3O2. The molecule has 0 bridgehead atoms. The van der Waals surface area contributed by atoms with Crippen LogP contribution in [0.3, 0.4) is 0 Å². The highest BCUT2D eigenvalue weighted by molar-refractivity contribution is 6.04. The van der Waals surface area contributed by atoms with Gasteiger partial charge in [-0.15, -0.1) is 0 Å². The molecule has 0 saturated heterocycles. The van der Waals surface area contributed by atoms with Crippen LogP contribution in [0.5, 0.6) is 5.88 Å². The lowest BCUT2D eigenvalue weighted by molar-refractivity contribution is 0.102. The van der Waals surface area contributed by atoms with Crippen molar-refractivity contribution < 1.29 is 9.53 Å². The molecule has 0 aliphatic rings. The number of carbonyl (C=O) groups is 1. The Bertz CT molecular complexity index is 1080. The third-order valence-corrected chi connectivity index (χ3v) is 4.07. The van der Waals surface area contributed by atoms with Crippen LogP contribution in [-0.4, -0.2) is 15.9 Å². The van der Waals surface area contributed by atoms with E-state index in [-0.39, 0.29) is 5.91 Å². The lowest BCUT2D eigenvalue weighted by atomic mass is 10.2. The van der Waals surface area contributed by atoms with Crippen LogP contribution in [0, 0.1) is 0 Å². The predicted octanol–water partition coefficient (Wildman–Crippen LogP) is 4.46. The molecule has 1 N–H and O–H groups in total. The van der Waals surface area contributed by atoms with Gasteiger partial charge in [0, 0.05) is 23.2 Å². The summed E-state index contributed by atoms with van der Waals surface area (Å²) in [5.74, 6) is 0.644. The van der Waals surface area contributed by atoms with Crippen LogP contribution >= 0.6 is 0 Å². The van der Waals surface area contributed by atoms with Crippen LogP contribution in [0.15, 0.2) is 85.1 Å². The second kappa shape index (κ2) is 7.66. The number of rotatable bonds is 5. The SMILES string of the molecule is O=C(Nc1ccc2ccccc2n1)c1ccnc(OCc2ccccc2)c1. The minimum absolute atomic E-state index is 0.259.